The summed E-state index contributed by atoms with van der Waals surface area (Å²) in [5.74, 6) is 0.431. The van der Waals surface area contributed by atoms with Gasteiger partial charge in [-0.3, -0.25) is 14.4 Å². The van der Waals surface area contributed by atoms with Crippen molar-refractivity contribution >= 4 is 17.7 Å². The predicted octanol–water partition coefficient (Wildman–Crippen LogP) is 5.72. The van der Waals surface area contributed by atoms with E-state index in [0.29, 0.717) is 24.2 Å². The van der Waals surface area contributed by atoms with Crippen molar-refractivity contribution in [1.82, 2.24) is 0 Å². The van der Waals surface area contributed by atoms with Gasteiger partial charge in [-0.05, 0) is 90.3 Å². The van der Waals surface area contributed by atoms with E-state index in [1.165, 1.54) is 0 Å². The van der Waals surface area contributed by atoms with Gasteiger partial charge in [0.05, 0.1) is 17.9 Å². The van der Waals surface area contributed by atoms with Gasteiger partial charge in [0.2, 0.25) is 0 Å². The Hall–Kier alpha value is -2.37. The van der Waals surface area contributed by atoms with E-state index in [-0.39, 0.29) is 47.0 Å². The Balaban J connectivity index is 1.75. The average Bonchev–Trinajstić information content (AvgIpc) is 3.08. The summed E-state index contributed by atoms with van der Waals surface area (Å²) in [6.07, 6.45) is 1.98. The minimum absolute atomic E-state index is 0.0262. The first kappa shape index (κ1) is 25.7. The number of ketones is 1. The maximum Gasteiger partial charge on any atom is 0.311 e. The van der Waals surface area contributed by atoms with Crippen molar-refractivity contribution in [3.05, 3.63) is 29.3 Å². The lowest BCUT2D eigenvalue weighted by atomic mass is 9.54. The van der Waals surface area contributed by atoms with Gasteiger partial charge in [0.25, 0.3) is 0 Å². The number of fused-ring (bicyclic) bond motifs is 5. The number of carbonyl (C=O) groups excluding carboxylic acids is 3. The summed E-state index contributed by atoms with van der Waals surface area (Å²) in [6.45, 7) is 13.3. The zero-order chi connectivity index (χ0) is 25.9. The van der Waals surface area contributed by atoms with Gasteiger partial charge in [0.1, 0.15) is 18.0 Å². The lowest BCUT2D eigenvalue weighted by Crippen LogP contribution is -2.53. The second kappa shape index (κ2) is 8.63. The van der Waals surface area contributed by atoms with Crippen molar-refractivity contribution in [2.45, 2.75) is 92.3 Å². The molecule has 1 aromatic rings. The third kappa shape index (κ3) is 4.49. The highest BCUT2D eigenvalue weighted by Crippen LogP contribution is 2.62. The molecule has 1 aromatic carbocycles. The number of Topliss-reactive ketones (excluding diaryl/α,β-unsaturated/α-hetero) is 1. The largest absolute Gasteiger partial charge is 0.497 e. The average molecular weight is 485 g/mol. The molecular weight excluding hydrogens is 444 g/mol. The van der Waals surface area contributed by atoms with Gasteiger partial charge in [-0.1, -0.05) is 13.0 Å². The third-order valence-electron chi connectivity index (χ3n) is 8.42. The highest BCUT2D eigenvalue weighted by molar-refractivity contribution is 5.99. The molecule has 0 bridgehead atoms. The van der Waals surface area contributed by atoms with E-state index in [0.717, 1.165) is 18.4 Å². The molecule has 192 valence electrons. The van der Waals surface area contributed by atoms with E-state index in [2.05, 4.69) is 6.92 Å². The Labute approximate surface area is 209 Å². The number of hydrogen-bond donors (Lipinski definition) is 0. The van der Waals surface area contributed by atoms with Crippen LogP contribution >= 0.6 is 0 Å². The first-order chi connectivity index (χ1) is 16.2. The van der Waals surface area contributed by atoms with Crippen LogP contribution in [0.25, 0.3) is 0 Å². The molecule has 0 radical (unpaired) electrons. The van der Waals surface area contributed by atoms with Gasteiger partial charge in [-0.15, -0.1) is 0 Å². The Kier molecular flexibility index (Phi) is 6.34. The highest BCUT2D eigenvalue weighted by atomic mass is 16.6. The number of rotatable bonds is 3. The number of benzene rings is 1. The van der Waals surface area contributed by atoms with E-state index >= 15 is 0 Å². The molecule has 3 aliphatic carbocycles. The van der Waals surface area contributed by atoms with Gasteiger partial charge >= 0.3 is 11.9 Å². The van der Waals surface area contributed by atoms with Crippen LogP contribution in [-0.4, -0.2) is 37.0 Å². The maximum absolute atomic E-state index is 13.3. The lowest BCUT2D eigenvalue weighted by molar-refractivity contribution is -0.179. The summed E-state index contributed by atoms with van der Waals surface area (Å²) in [5.41, 5.74) is 0.00190. The van der Waals surface area contributed by atoms with Crippen molar-refractivity contribution in [2.24, 2.45) is 28.1 Å². The minimum atomic E-state index is -0.645. The fourth-order valence-electron chi connectivity index (χ4n) is 6.45. The van der Waals surface area contributed by atoms with Gasteiger partial charge in [0.15, 0.2) is 5.78 Å². The first-order valence-electron chi connectivity index (χ1n) is 12.8. The predicted molar refractivity (Wildman–Crippen MR) is 132 cm³/mol. The molecule has 0 unspecified atom stereocenters. The molecule has 6 nitrogen and oxygen atoms in total. The van der Waals surface area contributed by atoms with E-state index in [1.54, 1.807) is 7.11 Å². The summed E-state index contributed by atoms with van der Waals surface area (Å²) in [7, 11) is 1.59. The number of carbonyl (C=O) groups is 3. The summed E-state index contributed by atoms with van der Waals surface area (Å²) in [5, 5.41) is 0. The van der Waals surface area contributed by atoms with E-state index < -0.39 is 16.9 Å². The molecule has 3 aliphatic rings. The summed E-state index contributed by atoms with van der Waals surface area (Å²) < 4.78 is 17.7. The van der Waals surface area contributed by atoms with Crippen LogP contribution in [0, 0.1) is 28.1 Å². The molecule has 2 saturated carbocycles. The molecule has 2 fully saturated rings. The molecule has 6 atom stereocenters. The minimum Gasteiger partial charge on any atom is -0.497 e. The van der Waals surface area contributed by atoms with Gasteiger partial charge in [-0.25, -0.2) is 0 Å². The van der Waals surface area contributed by atoms with E-state index in [9.17, 15) is 14.4 Å². The molecule has 0 saturated heterocycles. The Morgan fingerprint density at radius 3 is 2.20 bits per heavy atom. The molecule has 0 spiro atoms. The van der Waals surface area contributed by atoms with Crippen molar-refractivity contribution in [1.29, 1.82) is 0 Å². The number of hydrogen-bond acceptors (Lipinski definition) is 6. The van der Waals surface area contributed by atoms with Gasteiger partial charge < -0.3 is 14.2 Å². The molecule has 4 rings (SSSR count). The zero-order valence-electron chi connectivity index (χ0n) is 22.4. The highest BCUT2D eigenvalue weighted by Gasteiger charge is 2.61. The Morgan fingerprint density at radius 2 is 1.60 bits per heavy atom. The third-order valence-corrected chi connectivity index (χ3v) is 8.42. The summed E-state index contributed by atoms with van der Waals surface area (Å²) in [6, 6.07) is 5.66. The van der Waals surface area contributed by atoms with Crippen molar-refractivity contribution in [3.8, 4) is 5.75 Å². The van der Waals surface area contributed by atoms with Crippen LogP contribution in [0.5, 0.6) is 5.75 Å². The molecule has 6 heteroatoms. The summed E-state index contributed by atoms with van der Waals surface area (Å²) in [4.78, 5) is 39.2. The normalized spacial score (nSPS) is 32.2. The molecular formula is C29H40O6. The smallest absolute Gasteiger partial charge is 0.311 e. The number of esters is 2. The quantitative estimate of drug-likeness (QED) is 0.511. The fraction of sp³-hybridized carbons (Fsp3) is 0.690. The van der Waals surface area contributed by atoms with Crippen LogP contribution in [0.1, 0.15) is 96.0 Å². The van der Waals surface area contributed by atoms with Crippen molar-refractivity contribution in [3.63, 3.8) is 0 Å². The number of methoxy groups -OCH3 is 1. The van der Waals surface area contributed by atoms with Gasteiger partial charge in [0, 0.05) is 23.3 Å². The molecule has 0 aliphatic heterocycles. The van der Waals surface area contributed by atoms with Crippen LogP contribution in [0.15, 0.2) is 18.2 Å². The summed E-state index contributed by atoms with van der Waals surface area (Å²) >= 11 is 0. The Bertz CT molecular complexity index is 1030. The number of ether oxygens (including phenoxy) is 3. The molecule has 0 N–H and O–H groups in total. The van der Waals surface area contributed by atoms with E-state index in [1.807, 2.05) is 59.7 Å². The second-order valence-corrected chi connectivity index (χ2v) is 13.0. The molecule has 35 heavy (non-hydrogen) atoms. The molecule has 0 heterocycles. The van der Waals surface area contributed by atoms with Crippen molar-refractivity contribution in [2.75, 3.05) is 7.11 Å². The monoisotopic (exact) mass is 484 g/mol. The van der Waals surface area contributed by atoms with Crippen LogP contribution in [0.4, 0.5) is 0 Å². The lowest BCUT2D eigenvalue weighted by Gasteiger charge is -2.53. The van der Waals surface area contributed by atoms with Crippen LogP contribution in [0.3, 0.4) is 0 Å². The van der Waals surface area contributed by atoms with Gasteiger partial charge in [-0.2, -0.15) is 0 Å². The fourth-order valence-corrected chi connectivity index (χ4v) is 6.45. The zero-order valence-corrected chi connectivity index (χ0v) is 22.4. The molecule has 0 aromatic heterocycles. The molecule has 0 amide bonds. The first-order valence-corrected chi connectivity index (χ1v) is 12.8. The SMILES string of the molecule is COc1ccc2c(c1)C(=O)C[C@@H]1[C@@H]2[C@H](OC(=O)C(C)(C)C)C[C@]2(C)[C@@H](OC(=O)C(C)(C)C)CC[C@@H]12. The van der Waals surface area contributed by atoms with Crippen molar-refractivity contribution < 1.29 is 28.6 Å². The van der Waals surface area contributed by atoms with E-state index in [4.69, 9.17) is 14.2 Å². The Morgan fingerprint density at radius 1 is 0.971 bits per heavy atom. The van der Waals surface area contributed by atoms with Crippen LogP contribution in [0.2, 0.25) is 0 Å². The van der Waals surface area contributed by atoms with Crippen LogP contribution < -0.4 is 4.74 Å². The second-order valence-electron chi connectivity index (χ2n) is 13.0. The topological polar surface area (TPSA) is 78.9 Å². The maximum atomic E-state index is 13.3. The standard InChI is InChI=1S/C29H40O6/c1-27(2,3)25(31)34-22-15-29(7)20(11-12-23(29)35-26(32)28(4,5)6)19-14-21(30)18-13-16(33-8)9-10-17(18)24(19)22/h9-10,13,19-20,22-24H,11-12,14-15H2,1-8H3/t19-,20-,22+,23-,24+,29-/m0/s1. The van der Waals surface area contributed by atoms with Crippen LogP contribution in [-0.2, 0) is 19.1 Å².